The van der Waals surface area contributed by atoms with Gasteiger partial charge in [0.25, 0.3) is 0 Å². The molecule has 0 saturated heterocycles. The van der Waals surface area contributed by atoms with E-state index in [1.54, 1.807) is 0 Å². The van der Waals surface area contributed by atoms with Crippen LogP contribution in [0.1, 0.15) is 28.4 Å². The SMILES string of the molecule is CNC(c1c(C)cc(C)cc1C)N(C)C. The molecule has 0 aliphatic heterocycles. The normalized spacial score (nSPS) is 13.3. The molecule has 0 aromatic heterocycles. The predicted octanol–water partition coefficient (Wildman–Crippen LogP) is 2.39. The van der Waals surface area contributed by atoms with Crippen molar-refractivity contribution < 1.29 is 0 Å². The van der Waals surface area contributed by atoms with E-state index in [-0.39, 0.29) is 0 Å². The fraction of sp³-hybridized carbons (Fsp3) is 0.538. The van der Waals surface area contributed by atoms with Crippen molar-refractivity contribution in [2.45, 2.75) is 26.9 Å². The quantitative estimate of drug-likeness (QED) is 0.764. The molecule has 0 spiro atoms. The van der Waals surface area contributed by atoms with Gasteiger partial charge in [-0.15, -0.1) is 0 Å². The van der Waals surface area contributed by atoms with Gasteiger partial charge in [0.05, 0.1) is 6.17 Å². The molecule has 2 heteroatoms. The van der Waals surface area contributed by atoms with E-state index in [0.717, 1.165) is 0 Å². The van der Waals surface area contributed by atoms with Crippen molar-refractivity contribution in [3.63, 3.8) is 0 Å². The maximum atomic E-state index is 3.34. The molecule has 1 unspecified atom stereocenters. The number of rotatable bonds is 3. The van der Waals surface area contributed by atoms with Gasteiger partial charge in [-0.1, -0.05) is 17.7 Å². The van der Waals surface area contributed by atoms with Crippen molar-refractivity contribution in [2.24, 2.45) is 0 Å². The largest absolute Gasteiger partial charge is 0.301 e. The Bertz CT molecular complexity index is 319. The molecule has 1 aromatic carbocycles. The highest BCUT2D eigenvalue weighted by Gasteiger charge is 2.16. The molecule has 1 aromatic rings. The van der Waals surface area contributed by atoms with Gasteiger partial charge in [-0.25, -0.2) is 0 Å². The first-order valence-electron chi connectivity index (χ1n) is 5.38. The van der Waals surface area contributed by atoms with Crippen LogP contribution in [0.25, 0.3) is 0 Å². The Morgan fingerprint density at radius 1 is 1.07 bits per heavy atom. The van der Waals surface area contributed by atoms with Gasteiger partial charge in [-0.05, 0) is 58.6 Å². The fourth-order valence-electron chi connectivity index (χ4n) is 2.28. The second kappa shape index (κ2) is 4.77. The summed E-state index contributed by atoms with van der Waals surface area (Å²) in [4.78, 5) is 2.20. The summed E-state index contributed by atoms with van der Waals surface area (Å²) in [5, 5.41) is 3.34. The first kappa shape index (κ1) is 12.2. The third-order valence-corrected chi connectivity index (χ3v) is 2.80. The molecule has 84 valence electrons. The zero-order valence-electron chi connectivity index (χ0n) is 10.7. The third kappa shape index (κ3) is 2.58. The lowest BCUT2D eigenvalue weighted by molar-refractivity contribution is 0.263. The molecule has 2 nitrogen and oxygen atoms in total. The lowest BCUT2D eigenvalue weighted by Crippen LogP contribution is -2.32. The van der Waals surface area contributed by atoms with Gasteiger partial charge in [0.1, 0.15) is 0 Å². The lowest BCUT2D eigenvalue weighted by Gasteiger charge is -2.27. The number of nitrogens with zero attached hydrogens (tertiary/aromatic N) is 1. The van der Waals surface area contributed by atoms with Crippen molar-refractivity contribution in [3.05, 3.63) is 34.4 Å². The summed E-state index contributed by atoms with van der Waals surface area (Å²) >= 11 is 0. The molecule has 0 aliphatic carbocycles. The molecule has 1 N–H and O–H groups in total. The highest BCUT2D eigenvalue weighted by atomic mass is 15.2. The van der Waals surface area contributed by atoms with Gasteiger partial charge < -0.3 is 5.32 Å². The van der Waals surface area contributed by atoms with Crippen LogP contribution in [0.3, 0.4) is 0 Å². The summed E-state index contributed by atoms with van der Waals surface area (Å²) in [5.41, 5.74) is 5.46. The van der Waals surface area contributed by atoms with Crippen LogP contribution in [-0.4, -0.2) is 26.0 Å². The minimum absolute atomic E-state index is 0.297. The number of aryl methyl sites for hydroxylation is 3. The molecule has 0 aliphatic rings. The van der Waals surface area contributed by atoms with E-state index in [1.807, 2.05) is 7.05 Å². The van der Waals surface area contributed by atoms with Gasteiger partial charge in [0.15, 0.2) is 0 Å². The Hall–Kier alpha value is -0.860. The van der Waals surface area contributed by atoms with E-state index in [0.29, 0.717) is 6.17 Å². The number of benzene rings is 1. The molecule has 0 amide bonds. The molecular weight excluding hydrogens is 184 g/mol. The van der Waals surface area contributed by atoms with Gasteiger partial charge in [-0.2, -0.15) is 0 Å². The van der Waals surface area contributed by atoms with E-state index in [1.165, 1.54) is 22.3 Å². The van der Waals surface area contributed by atoms with Crippen LogP contribution in [0.4, 0.5) is 0 Å². The summed E-state index contributed by atoms with van der Waals surface area (Å²) in [6.07, 6.45) is 0.297. The van der Waals surface area contributed by atoms with Crippen LogP contribution in [0, 0.1) is 20.8 Å². The van der Waals surface area contributed by atoms with E-state index >= 15 is 0 Å². The summed E-state index contributed by atoms with van der Waals surface area (Å²) in [6, 6.07) is 4.49. The average molecular weight is 206 g/mol. The van der Waals surface area contributed by atoms with Gasteiger partial charge in [0.2, 0.25) is 0 Å². The Morgan fingerprint density at radius 2 is 1.53 bits per heavy atom. The van der Waals surface area contributed by atoms with Crippen LogP contribution < -0.4 is 5.32 Å². The molecule has 0 saturated carbocycles. The van der Waals surface area contributed by atoms with Crippen molar-refractivity contribution in [3.8, 4) is 0 Å². The van der Waals surface area contributed by atoms with Crippen LogP contribution >= 0.6 is 0 Å². The number of nitrogens with one attached hydrogen (secondary N) is 1. The minimum Gasteiger partial charge on any atom is -0.301 e. The van der Waals surface area contributed by atoms with E-state index in [9.17, 15) is 0 Å². The second-order valence-electron chi connectivity index (χ2n) is 4.47. The number of hydrogen-bond donors (Lipinski definition) is 1. The van der Waals surface area contributed by atoms with Crippen LogP contribution in [0.5, 0.6) is 0 Å². The summed E-state index contributed by atoms with van der Waals surface area (Å²) in [6.45, 7) is 6.51. The molecule has 1 atom stereocenters. The molecular formula is C13H22N2. The molecule has 0 fully saturated rings. The second-order valence-corrected chi connectivity index (χ2v) is 4.47. The molecule has 0 radical (unpaired) electrons. The van der Waals surface area contributed by atoms with Crippen molar-refractivity contribution in [1.29, 1.82) is 0 Å². The first-order valence-corrected chi connectivity index (χ1v) is 5.38. The van der Waals surface area contributed by atoms with Gasteiger partial charge in [0, 0.05) is 0 Å². The van der Waals surface area contributed by atoms with Gasteiger partial charge in [-0.3, -0.25) is 4.90 Å². The topological polar surface area (TPSA) is 15.3 Å². The third-order valence-electron chi connectivity index (χ3n) is 2.80. The smallest absolute Gasteiger partial charge is 0.0858 e. The molecule has 1 rings (SSSR count). The summed E-state index contributed by atoms with van der Waals surface area (Å²) < 4.78 is 0. The van der Waals surface area contributed by atoms with E-state index in [2.05, 4.69) is 57.2 Å². The predicted molar refractivity (Wildman–Crippen MR) is 66.1 cm³/mol. The minimum atomic E-state index is 0.297. The van der Waals surface area contributed by atoms with Crippen LogP contribution in [-0.2, 0) is 0 Å². The first-order chi connectivity index (χ1) is 6.97. The summed E-state index contributed by atoms with van der Waals surface area (Å²) in [5.74, 6) is 0. The van der Waals surface area contributed by atoms with Crippen LogP contribution in [0.2, 0.25) is 0 Å². The Morgan fingerprint density at radius 3 is 1.87 bits per heavy atom. The maximum absolute atomic E-state index is 3.34. The highest BCUT2D eigenvalue weighted by Crippen LogP contribution is 2.24. The Labute approximate surface area is 93.3 Å². The van der Waals surface area contributed by atoms with Crippen molar-refractivity contribution >= 4 is 0 Å². The summed E-state index contributed by atoms with van der Waals surface area (Å²) in [7, 11) is 6.20. The Balaban J connectivity index is 3.23. The van der Waals surface area contributed by atoms with E-state index < -0.39 is 0 Å². The Kier molecular flexibility index (Phi) is 3.89. The van der Waals surface area contributed by atoms with E-state index in [4.69, 9.17) is 0 Å². The fourth-order valence-corrected chi connectivity index (χ4v) is 2.28. The standard InChI is InChI=1S/C13H22N2/c1-9-7-10(2)12(11(3)8-9)13(14-4)15(5)6/h7-8,13-14H,1-6H3. The zero-order chi connectivity index (χ0) is 11.6. The molecule has 0 bridgehead atoms. The lowest BCUT2D eigenvalue weighted by atomic mass is 9.97. The highest BCUT2D eigenvalue weighted by molar-refractivity contribution is 5.39. The molecule has 15 heavy (non-hydrogen) atoms. The van der Waals surface area contributed by atoms with Crippen molar-refractivity contribution in [1.82, 2.24) is 10.2 Å². The molecule has 0 heterocycles. The van der Waals surface area contributed by atoms with Crippen LogP contribution in [0.15, 0.2) is 12.1 Å². The zero-order valence-corrected chi connectivity index (χ0v) is 10.7. The average Bonchev–Trinajstić information content (AvgIpc) is 2.09. The van der Waals surface area contributed by atoms with Gasteiger partial charge >= 0.3 is 0 Å². The number of hydrogen-bond acceptors (Lipinski definition) is 2. The van der Waals surface area contributed by atoms with Crippen molar-refractivity contribution in [2.75, 3.05) is 21.1 Å². The monoisotopic (exact) mass is 206 g/mol. The maximum Gasteiger partial charge on any atom is 0.0858 e.